The SMILES string of the molecule is COc1ccc(CN)cc1OCCOc1ccccc1Cl. The molecule has 5 heteroatoms. The standard InChI is InChI=1S/C16H18ClNO3/c1-19-15-7-6-12(11-18)10-16(15)21-9-8-20-14-5-3-2-4-13(14)17/h2-7,10H,8-9,11,18H2,1H3. The summed E-state index contributed by atoms with van der Waals surface area (Å²) in [6.45, 7) is 1.23. The van der Waals surface area contributed by atoms with Crippen LogP contribution in [-0.4, -0.2) is 20.3 Å². The lowest BCUT2D eigenvalue weighted by molar-refractivity contribution is 0.211. The summed E-state index contributed by atoms with van der Waals surface area (Å²) in [5.74, 6) is 1.97. The number of ether oxygens (including phenoxy) is 3. The second kappa shape index (κ2) is 7.76. The lowest BCUT2D eigenvalue weighted by atomic mass is 10.2. The second-order valence-electron chi connectivity index (χ2n) is 4.32. The fourth-order valence-corrected chi connectivity index (χ4v) is 2.02. The highest BCUT2D eigenvalue weighted by Crippen LogP contribution is 2.28. The van der Waals surface area contributed by atoms with Gasteiger partial charge in [-0.25, -0.2) is 0 Å². The Hall–Kier alpha value is -1.91. The van der Waals surface area contributed by atoms with Gasteiger partial charge in [-0.05, 0) is 29.8 Å². The fourth-order valence-electron chi connectivity index (χ4n) is 1.83. The molecule has 0 heterocycles. The van der Waals surface area contributed by atoms with Gasteiger partial charge in [-0.3, -0.25) is 0 Å². The topological polar surface area (TPSA) is 53.7 Å². The van der Waals surface area contributed by atoms with Crippen LogP contribution in [0, 0.1) is 0 Å². The van der Waals surface area contributed by atoms with E-state index < -0.39 is 0 Å². The van der Waals surface area contributed by atoms with Gasteiger partial charge in [0.25, 0.3) is 0 Å². The number of nitrogens with two attached hydrogens (primary N) is 1. The molecule has 0 aliphatic heterocycles. The van der Waals surface area contributed by atoms with Gasteiger partial charge in [0.1, 0.15) is 19.0 Å². The first kappa shape index (κ1) is 15.5. The normalized spacial score (nSPS) is 10.2. The third-order valence-corrected chi connectivity index (χ3v) is 3.21. The molecule has 2 N–H and O–H groups in total. The lowest BCUT2D eigenvalue weighted by Gasteiger charge is -2.13. The Bertz CT molecular complexity index is 589. The molecule has 112 valence electrons. The van der Waals surface area contributed by atoms with Gasteiger partial charge in [0.15, 0.2) is 11.5 Å². The van der Waals surface area contributed by atoms with Gasteiger partial charge >= 0.3 is 0 Å². The van der Waals surface area contributed by atoms with E-state index in [1.807, 2.05) is 36.4 Å². The maximum atomic E-state index is 6.01. The van der Waals surface area contributed by atoms with Crippen LogP contribution < -0.4 is 19.9 Å². The molecule has 4 nitrogen and oxygen atoms in total. The summed E-state index contributed by atoms with van der Waals surface area (Å²) in [4.78, 5) is 0. The average Bonchev–Trinajstić information content (AvgIpc) is 2.52. The van der Waals surface area contributed by atoms with E-state index in [1.54, 1.807) is 13.2 Å². The summed E-state index contributed by atoms with van der Waals surface area (Å²) >= 11 is 6.01. The molecule has 0 bridgehead atoms. The van der Waals surface area contributed by atoms with Gasteiger partial charge in [-0.15, -0.1) is 0 Å². The Morgan fingerprint density at radius 2 is 1.67 bits per heavy atom. The van der Waals surface area contributed by atoms with Gasteiger partial charge in [0, 0.05) is 6.54 Å². The zero-order valence-corrected chi connectivity index (χ0v) is 12.6. The summed E-state index contributed by atoms with van der Waals surface area (Å²) in [7, 11) is 1.60. The first-order valence-corrected chi connectivity index (χ1v) is 6.99. The van der Waals surface area contributed by atoms with E-state index in [9.17, 15) is 0 Å². The molecule has 0 saturated carbocycles. The highest BCUT2D eigenvalue weighted by atomic mass is 35.5. The summed E-state index contributed by atoms with van der Waals surface area (Å²) in [5.41, 5.74) is 6.61. The van der Waals surface area contributed by atoms with Crippen LogP contribution >= 0.6 is 11.6 Å². The Balaban J connectivity index is 1.90. The molecule has 0 atom stereocenters. The van der Waals surface area contributed by atoms with Crippen LogP contribution in [0.2, 0.25) is 5.02 Å². The number of hydrogen-bond donors (Lipinski definition) is 1. The van der Waals surface area contributed by atoms with Crippen molar-refractivity contribution < 1.29 is 14.2 Å². The molecule has 2 aromatic rings. The first-order chi connectivity index (χ1) is 10.2. The van der Waals surface area contributed by atoms with Crippen molar-refractivity contribution in [3.05, 3.63) is 53.1 Å². The Morgan fingerprint density at radius 1 is 0.952 bits per heavy atom. The Labute approximate surface area is 129 Å². The van der Waals surface area contributed by atoms with Crippen LogP contribution in [0.3, 0.4) is 0 Å². The monoisotopic (exact) mass is 307 g/mol. The maximum Gasteiger partial charge on any atom is 0.161 e. The molecule has 0 radical (unpaired) electrons. The van der Waals surface area contributed by atoms with Crippen molar-refractivity contribution in [2.24, 2.45) is 5.73 Å². The number of methoxy groups -OCH3 is 1. The maximum absolute atomic E-state index is 6.01. The summed E-state index contributed by atoms with van der Waals surface area (Å²) < 4.78 is 16.5. The molecular formula is C16H18ClNO3. The van der Waals surface area contributed by atoms with Crippen LogP contribution in [0.25, 0.3) is 0 Å². The first-order valence-electron chi connectivity index (χ1n) is 6.61. The minimum absolute atomic E-state index is 0.385. The van der Waals surface area contributed by atoms with Crippen LogP contribution in [0.15, 0.2) is 42.5 Å². The Kier molecular flexibility index (Phi) is 5.72. The van der Waals surface area contributed by atoms with Crippen molar-refractivity contribution in [1.82, 2.24) is 0 Å². The van der Waals surface area contributed by atoms with Crippen molar-refractivity contribution in [3.63, 3.8) is 0 Å². The van der Waals surface area contributed by atoms with Gasteiger partial charge in [-0.2, -0.15) is 0 Å². The van der Waals surface area contributed by atoms with Crippen LogP contribution in [0.1, 0.15) is 5.56 Å². The number of rotatable bonds is 7. The van der Waals surface area contributed by atoms with Gasteiger partial charge in [0.2, 0.25) is 0 Å². The highest BCUT2D eigenvalue weighted by Gasteiger charge is 2.06. The van der Waals surface area contributed by atoms with Crippen LogP contribution in [0.5, 0.6) is 17.2 Å². The molecule has 2 aromatic carbocycles. The molecule has 0 aliphatic rings. The minimum atomic E-state index is 0.385. The zero-order chi connectivity index (χ0) is 15.1. The minimum Gasteiger partial charge on any atom is -0.493 e. The van der Waals surface area contributed by atoms with Crippen molar-refractivity contribution in [1.29, 1.82) is 0 Å². The third-order valence-electron chi connectivity index (χ3n) is 2.90. The highest BCUT2D eigenvalue weighted by molar-refractivity contribution is 6.32. The second-order valence-corrected chi connectivity index (χ2v) is 4.72. The van der Waals surface area contributed by atoms with E-state index in [0.717, 1.165) is 5.56 Å². The van der Waals surface area contributed by atoms with Gasteiger partial charge < -0.3 is 19.9 Å². The number of para-hydroxylation sites is 1. The fraction of sp³-hybridized carbons (Fsp3) is 0.250. The molecule has 0 unspecified atom stereocenters. The van der Waals surface area contributed by atoms with Crippen molar-refractivity contribution >= 4 is 11.6 Å². The quantitative estimate of drug-likeness (QED) is 0.798. The van der Waals surface area contributed by atoms with Crippen molar-refractivity contribution in [2.45, 2.75) is 6.54 Å². The summed E-state index contributed by atoms with van der Waals surface area (Å²) in [5, 5.41) is 0.584. The lowest BCUT2D eigenvalue weighted by Crippen LogP contribution is -2.10. The van der Waals surface area contributed by atoms with Gasteiger partial charge in [-0.1, -0.05) is 29.8 Å². The zero-order valence-electron chi connectivity index (χ0n) is 11.8. The van der Waals surface area contributed by atoms with E-state index in [4.69, 9.17) is 31.5 Å². The molecule has 0 aromatic heterocycles. The Morgan fingerprint density at radius 3 is 2.33 bits per heavy atom. The predicted molar refractivity (Wildman–Crippen MR) is 83.3 cm³/mol. The smallest absolute Gasteiger partial charge is 0.161 e. The molecule has 0 saturated heterocycles. The van der Waals surface area contributed by atoms with E-state index in [0.29, 0.717) is 42.0 Å². The van der Waals surface area contributed by atoms with Crippen LogP contribution in [-0.2, 0) is 6.54 Å². The van der Waals surface area contributed by atoms with E-state index in [1.165, 1.54) is 0 Å². The molecule has 0 aliphatic carbocycles. The third kappa shape index (κ3) is 4.28. The molecule has 0 amide bonds. The van der Waals surface area contributed by atoms with Crippen molar-refractivity contribution in [2.75, 3.05) is 20.3 Å². The van der Waals surface area contributed by atoms with Gasteiger partial charge in [0.05, 0.1) is 12.1 Å². The molecule has 2 rings (SSSR count). The number of hydrogen-bond acceptors (Lipinski definition) is 4. The summed E-state index contributed by atoms with van der Waals surface area (Å²) in [6.07, 6.45) is 0. The molecule has 0 spiro atoms. The van der Waals surface area contributed by atoms with Crippen molar-refractivity contribution in [3.8, 4) is 17.2 Å². The van der Waals surface area contributed by atoms with E-state index in [2.05, 4.69) is 0 Å². The van der Waals surface area contributed by atoms with E-state index in [-0.39, 0.29) is 0 Å². The molecule has 21 heavy (non-hydrogen) atoms. The average molecular weight is 308 g/mol. The molecular weight excluding hydrogens is 290 g/mol. The number of benzene rings is 2. The molecule has 0 fully saturated rings. The largest absolute Gasteiger partial charge is 0.493 e. The van der Waals surface area contributed by atoms with E-state index >= 15 is 0 Å². The number of halogens is 1. The van der Waals surface area contributed by atoms with Crippen LogP contribution in [0.4, 0.5) is 0 Å². The summed E-state index contributed by atoms with van der Waals surface area (Å²) in [6, 6.07) is 12.9. The predicted octanol–water partition coefficient (Wildman–Crippen LogP) is 3.27.